The molecule has 0 aromatic rings. The molecule has 6 heteroatoms. The van der Waals surface area contributed by atoms with Crippen molar-refractivity contribution in [3.05, 3.63) is 36.5 Å². The van der Waals surface area contributed by atoms with Crippen LogP contribution in [-0.4, -0.2) is 37.2 Å². The van der Waals surface area contributed by atoms with Gasteiger partial charge in [-0.05, 0) is 64.2 Å². The Bertz CT molecular complexity index is 1080. The third kappa shape index (κ3) is 50.6. The average Bonchev–Trinajstić information content (AvgIpc) is 3.29. The maximum Gasteiger partial charge on any atom is 0.306 e. The van der Waals surface area contributed by atoms with Crippen molar-refractivity contribution in [2.24, 2.45) is 0 Å². The predicted octanol–water partition coefficient (Wildman–Crippen LogP) is 18.5. The zero-order valence-corrected chi connectivity index (χ0v) is 42.8. The van der Waals surface area contributed by atoms with Crippen LogP contribution in [0.2, 0.25) is 0 Å². The Morgan fingerprint density at radius 1 is 0.312 bits per heavy atom. The number of hydrogen-bond acceptors (Lipinski definition) is 6. The minimum Gasteiger partial charge on any atom is -0.462 e. The van der Waals surface area contributed by atoms with Crippen molar-refractivity contribution in [3.8, 4) is 0 Å². The van der Waals surface area contributed by atoms with E-state index in [-0.39, 0.29) is 37.5 Å². The number of rotatable bonds is 51. The molecule has 0 radical (unpaired) electrons. The summed E-state index contributed by atoms with van der Waals surface area (Å²) >= 11 is 0. The molecule has 0 heterocycles. The molecule has 0 aliphatic heterocycles. The third-order valence-corrected chi connectivity index (χ3v) is 12.4. The van der Waals surface area contributed by atoms with Gasteiger partial charge in [0.1, 0.15) is 13.2 Å². The fourth-order valence-corrected chi connectivity index (χ4v) is 8.14. The summed E-state index contributed by atoms with van der Waals surface area (Å²) in [4.78, 5) is 38.0. The fraction of sp³-hybridized carbons (Fsp3) is 0.845. The first-order chi connectivity index (χ1) is 31.5. The number of carbonyl (C=O) groups excluding carboxylic acids is 3. The van der Waals surface area contributed by atoms with E-state index in [4.69, 9.17) is 14.2 Å². The molecule has 374 valence electrons. The van der Waals surface area contributed by atoms with Gasteiger partial charge >= 0.3 is 17.9 Å². The zero-order chi connectivity index (χ0) is 46.5. The summed E-state index contributed by atoms with van der Waals surface area (Å²) < 4.78 is 16.8. The summed E-state index contributed by atoms with van der Waals surface area (Å²) in [5, 5.41) is 0. The Kier molecular flexibility index (Phi) is 51.3. The van der Waals surface area contributed by atoms with Crippen LogP contribution in [0.25, 0.3) is 0 Å². The van der Waals surface area contributed by atoms with Crippen LogP contribution in [0, 0.1) is 0 Å². The Labute approximate surface area is 397 Å². The number of allylic oxidation sites excluding steroid dienone is 6. The number of unbranched alkanes of at least 4 members (excludes halogenated alkanes) is 34. The maximum absolute atomic E-state index is 12.8. The Morgan fingerprint density at radius 2 is 0.594 bits per heavy atom. The summed E-state index contributed by atoms with van der Waals surface area (Å²) in [6.45, 7) is 6.61. The molecule has 6 nitrogen and oxygen atoms in total. The lowest BCUT2D eigenvalue weighted by Gasteiger charge is -2.18. The van der Waals surface area contributed by atoms with Crippen LogP contribution in [0.1, 0.15) is 297 Å². The zero-order valence-electron chi connectivity index (χ0n) is 42.8. The van der Waals surface area contributed by atoms with E-state index in [0.29, 0.717) is 19.3 Å². The molecule has 0 fully saturated rings. The van der Waals surface area contributed by atoms with Gasteiger partial charge in [-0.3, -0.25) is 14.4 Å². The molecular formula is C58H106O6. The summed E-state index contributed by atoms with van der Waals surface area (Å²) in [5.74, 6) is -0.948. The van der Waals surface area contributed by atoms with E-state index in [0.717, 1.165) is 51.4 Å². The van der Waals surface area contributed by atoms with Gasteiger partial charge in [-0.2, -0.15) is 0 Å². The Morgan fingerprint density at radius 3 is 0.969 bits per heavy atom. The summed E-state index contributed by atoms with van der Waals surface area (Å²) in [5.41, 5.74) is 0. The van der Waals surface area contributed by atoms with Gasteiger partial charge in [-0.1, -0.05) is 250 Å². The minimum atomic E-state index is -0.792. The highest BCUT2D eigenvalue weighted by Crippen LogP contribution is 2.16. The first-order valence-corrected chi connectivity index (χ1v) is 28.0. The quantitative estimate of drug-likeness (QED) is 0.0262. The van der Waals surface area contributed by atoms with Crippen LogP contribution >= 0.6 is 0 Å². The molecule has 0 bridgehead atoms. The molecule has 0 amide bonds. The van der Waals surface area contributed by atoms with Crippen molar-refractivity contribution in [2.75, 3.05) is 13.2 Å². The number of esters is 3. The predicted molar refractivity (Wildman–Crippen MR) is 275 cm³/mol. The lowest BCUT2D eigenvalue weighted by atomic mass is 10.0. The summed E-state index contributed by atoms with van der Waals surface area (Å²) in [6, 6.07) is 0. The fourth-order valence-electron chi connectivity index (χ4n) is 8.14. The van der Waals surface area contributed by atoms with Crippen molar-refractivity contribution in [2.45, 2.75) is 303 Å². The maximum atomic E-state index is 12.8. The average molecular weight is 899 g/mol. The summed E-state index contributed by atoms with van der Waals surface area (Å²) in [7, 11) is 0. The van der Waals surface area contributed by atoms with Crippen LogP contribution in [0.15, 0.2) is 36.5 Å². The molecule has 0 saturated carbocycles. The van der Waals surface area contributed by atoms with Crippen molar-refractivity contribution in [1.29, 1.82) is 0 Å². The molecule has 0 aliphatic carbocycles. The van der Waals surface area contributed by atoms with Crippen LogP contribution in [-0.2, 0) is 28.6 Å². The largest absolute Gasteiger partial charge is 0.462 e. The minimum absolute atomic E-state index is 0.0882. The van der Waals surface area contributed by atoms with Crippen molar-refractivity contribution >= 4 is 17.9 Å². The second-order valence-corrected chi connectivity index (χ2v) is 18.8. The number of carbonyl (C=O) groups is 3. The Balaban J connectivity index is 4.37. The molecule has 0 spiro atoms. The first-order valence-electron chi connectivity index (χ1n) is 28.0. The standard InChI is InChI=1S/C58H106O6/c1-4-7-10-13-16-19-22-25-27-28-29-30-31-34-36-39-42-45-48-51-57(60)63-54-55(53-62-56(59)50-47-44-41-38-35-32-24-21-18-15-12-9-6-3)64-58(61)52-49-46-43-40-37-33-26-23-20-17-14-11-8-5-2/h28-29,32,35,41,44,55H,4-27,30-31,33-34,36-40,42-43,45-54H2,1-3H3/b29-28-,35-32-,44-41-. The van der Waals surface area contributed by atoms with Gasteiger partial charge in [0.2, 0.25) is 0 Å². The number of ether oxygens (including phenoxy) is 3. The van der Waals surface area contributed by atoms with Gasteiger partial charge < -0.3 is 14.2 Å². The lowest BCUT2D eigenvalue weighted by molar-refractivity contribution is -0.166. The van der Waals surface area contributed by atoms with Crippen LogP contribution < -0.4 is 0 Å². The molecule has 0 aliphatic rings. The monoisotopic (exact) mass is 899 g/mol. The van der Waals surface area contributed by atoms with Gasteiger partial charge in [-0.15, -0.1) is 0 Å². The van der Waals surface area contributed by atoms with E-state index in [1.165, 1.54) is 199 Å². The highest BCUT2D eigenvalue weighted by Gasteiger charge is 2.19. The molecule has 64 heavy (non-hydrogen) atoms. The Hall–Kier alpha value is -2.37. The molecule has 0 saturated heterocycles. The van der Waals surface area contributed by atoms with Crippen LogP contribution in [0.5, 0.6) is 0 Å². The highest BCUT2D eigenvalue weighted by molar-refractivity contribution is 5.71. The van der Waals surface area contributed by atoms with E-state index in [1.807, 2.05) is 6.08 Å². The van der Waals surface area contributed by atoms with E-state index in [1.54, 1.807) is 0 Å². The van der Waals surface area contributed by atoms with E-state index in [9.17, 15) is 14.4 Å². The SMILES string of the molecule is CCCCCCCC/C=C\C/C=C\CCC(=O)OCC(COC(=O)CCCCCCCCC/C=C\CCCCCCCCCC)OC(=O)CCCCCCCCCCCCCCCC. The normalized spacial score (nSPS) is 12.2. The van der Waals surface area contributed by atoms with Crippen LogP contribution in [0.4, 0.5) is 0 Å². The number of hydrogen-bond donors (Lipinski definition) is 0. The van der Waals surface area contributed by atoms with Crippen molar-refractivity contribution in [1.82, 2.24) is 0 Å². The molecule has 1 unspecified atom stereocenters. The van der Waals surface area contributed by atoms with Crippen LogP contribution in [0.3, 0.4) is 0 Å². The smallest absolute Gasteiger partial charge is 0.306 e. The molecule has 0 aromatic heterocycles. The van der Waals surface area contributed by atoms with E-state index >= 15 is 0 Å². The second-order valence-electron chi connectivity index (χ2n) is 18.8. The van der Waals surface area contributed by atoms with Crippen molar-refractivity contribution < 1.29 is 28.6 Å². The van der Waals surface area contributed by atoms with Gasteiger partial charge in [0.05, 0.1) is 0 Å². The van der Waals surface area contributed by atoms with Gasteiger partial charge in [0.15, 0.2) is 6.10 Å². The molecular weight excluding hydrogens is 793 g/mol. The van der Waals surface area contributed by atoms with Gasteiger partial charge in [0.25, 0.3) is 0 Å². The summed E-state index contributed by atoms with van der Waals surface area (Å²) in [6.07, 6.45) is 62.9. The lowest BCUT2D eigenvalue weighted by Crippen LogP contribution is -2.30. The molecule has 0 rings (SSSR count). The topological polar surface area (TPSA) is 78.9 Å². The first kappa shape index (κ1) is 61.6. The second kappa shape index (κ2) is 53.2. The van der Waals surface area contributed by atoms with Crippen molar-refractivity contribution in [3.63, 3.8) is 0 Å². The van der Waals surface area contributed by atoms with E-state index in [2.05, 4.69) is 51.2 Å². The van der Waals surface area contributed by atoms with Gasteiger partial charge in [-0.25, -0.2) is 0 Å². The van der Waals surface area contributed by atoms with E-state index < -0.39 is 6.10 Å². The third-order valence-electron chi connectivity index (χ3n) is 12.4. The molecule has 1 atom stereocenters. The van der Waals surface area contributed by atoms with Gasteiger partial charge in [0, 0.05) is 19.3 Å². The molecule has 0 N–H and O–H groups in total. The molecule has 0 aromatic carbocycles. The highest BCUT2D eigenvalue weighted by atomic mass is 16.6.